The Morgan fingerprint density at radius 2 is 1.60 bits per heavy atom. The van der Waals surface area contributed by atoms with Crippen molar-refractivity contribution in [2.45, 2.75) is 45.3 Å². The van der Waals surface area contributed by atoms with Gasteiger partial charge in [-0.3, -0.25) is 4.79 Å². The Hall–Kier alpha value is -4.43. The van der Waals surface area contributed by atoms with Crippen LogP contribution in [0.1, 0.15) is 43.4 Å². The molecule has 1 heterocycles. The molecule has 0 spiro atoms. The minimum Gasteiger partial charge on any atom is -0.449 e. The van der Waals surface area contributed by atoms with E-state index in [1.165, 1.54) is 6.07 Å². The molecule has 0 bridgehead atoms. The highest BCUT2D eigenvalue weighted by molar-refractivity contribution is 5.98. The first-order valence-electron chi connectivity index (χ1n) is 13.2. The van der Waals surface area contributed by atoms with Crippen LogP contribution < -0.4 is 16.3 Å². The second-order valence-electron chi connectivity index (χ2n) is 10.9. The lowest BCUT2D eigenvalue weighted by Crippen LogP contribution is -2.48. The lowest BCUT2D eigenvalue weighted by atomic mass is 9.98. The number of benzene rings is 3. The minimum absolute atomic E-state index is 0.0682. The molecule has 5 rings (SSSR count). The Morgan fingerprint density at radius 3 is 2.25 bits per heavy atom. The number of aryl methyl sites for hydroxylation is 1. The zero-order valence-corrected chi connectivity index (χ0v) is 22.9. The summed E-state index contributed by atoms with van der Waals surface area (Å²) < 4.78 is 16.8. The number of rotatable bonds is 7. The van der Waals surface area contributed by atoms with Crippen LogP contribution in [0.2, 0.25) is 0 Å². The number of hydrogen-bond acceptors (Lipinski definition) is 6. The maximum Gasteiger partial charge on any atom is 0.407 e. The van der Waals surface area contributed by atoms with Gasteiger partial charge in [0, 0.05) is 29.1 Å². The lowest BCUT2D eigenvalue weighted by molar-refractivity contribution is -0.121. The second kappa shape index (κ2) is 11.0. The molecule has 0 unspecified atom stereocenters. The molecule has 0 saturated heterocycles. The van der Waals surface area contributed by atoms with Crippen LogP contribution in [0.3, 0.4) is 0 Å². The number of ether oxygens (including phenoxy) is 2. The molecule has 8 heteroatoms. The van der Waals surface area contributed by atoms with Gasteiger partial charge in [0.05, 0.1) is 12.2 Å². The van der Waals surface area contributed by atoms with Gasteiger partial charge >= 0.3 is 11.7 Å². The van der Waals surface area contributed by atoms with Crippen LogP contribution >= 0.6 is 0 Å². The van der Waals surface area contributed by atoms with Crippen LogP contribution in [0.5, 0.6) is 0 Å². The van der Waals surface area contributed by atoms with Gasteiger partial charge in [-0.15, -0.1) is 0 Å². The maximum absolute atomic E-state index is 13.3. The molecule has 0 saturated carbocycles. The molecule has 1 atom stereocenters. The first-order valence-corrected chi connectivity index (χ1v) is 13.2. The number of anilines is 1. The van der Waals surface area contributed by atoms with Crippen molar-refractivity contribution in [2.24, 2.45) is 0 Å². The monoisotopic (exact) mass is 540 g/mol. The zero-order valence-electron chi connectivity index (χ0n) is 22.9. The normalized spacial score (nSPS) is 13.4. The zero-order chi connectivity index (χ0) is 28.4. The molecule has 0 radical (unpaired) electrons. The minimum atomic E-state index is -1.03. The first-order chi connectivity index (χ1) is 19.1. The van der Waals surface area contributed by atoms with Gasteiger partial charge in [0.2, 0.25) is 5.91 Å². The molecule has 2 N–H and O–H groups in total. The van der Waals surface area contributed by atoms with E-state index in [1.807, 2.05) is 64.1 Å². The fourth-order valence-corrected chi connectivity index (χ4v) is 4.93. The summed E-state index contributed by atoms with van der Waals surface area (Å²) in [5.41, 5.74) is 5.00. The second-order valence-corrected chi connectivity index (χ2v) is 10.9. The van der Waals surface area contributed by atoms with E-state index in [0.29, 0.717) is 11.3 Å². The van der Waals surface area contributed by atoms with E-state index in [4.69, 9.17) is 13.9 Å². The van der Waals surface area contributed by atoms with Gasteiger partial charge in [-0.05, 0) is 67.6 Å². The van der Waals surface area contributed by atoms with Crippen molar-refractivity contribution in [3.63, 3.8) is 0 Å². The summed E-state index contributed by atoms with van der Waals surface area (Å²) in [6, 6.07) is 21.6. The smallest absolute Gasteiger partial charge is 0.407 e. The van der Waals surface area contributed by atoms with Crippen LogP contribution in [0.25, 0.3) is 22.1 Å². The van der Waals surface area contributed by atoms with Crippen molar-refractivity contribution in [1.29, 1.82) is 0 Å². The van der Waals surface area contributed by atoms with Crippen molar-refractivity contribution in [3.8, 4) is 11.1 Å². The Morgan fingerprint density at radius 1 is 0.950 bits per heavy atom. The fourth-order valence-electron chi connectivity index (χ4n) is 4.93. The average Bonchev–Trinajstić information content (AvgIpc) is 3.22. The molecule has 1 aliphatic rings. The van der Waals surface area contributed by atoms with Crippen LogP contribution in [0.15, 0.2) is 82.0 Å². The van der Waals surface area contributed by atoms with Gasteiger partial charge in [0.15, 0.2) is 0 Å². The summed E-state index contributed by atoms with van der Waals surface area (Å²) >= 11 is 0. The molecule has 2 amide bonds. The number of nitrogens with one attached hydrogen (secondary N) is 2. The summed E-state index contributed by atoms with van der Waals surface area (Å²) in [7, 11) is 0. The standard InChI is InChI=1S/C32H32N2O6/c1-19-15-29(35)40-28-16-20(13-14-21(19)28)33-30(36)27(18-39-32(2,3)4)34-31(37)38-17-26-24-11-7-5-9-22(24)23-10-6-8-12-25(23)26/h5-16,26-27H,17-18H2,1-4H3,(H,33,36)(H,34,37)/t27-/m0/s1. The van der Waals surface area contributed by atoms with E-state index >= 15 is 0 Å². The topological polar surface area (TPSA) is 107 Å². The predicted octanol–water partition coefficient (Wildman–Crippen LogP) is 5.76. The molecule has 0 aliphatic heterocycles. The fraction of sp³-hybridized carbons (Fsp3) is 0.281. The molecular weight excluding hydrogens is 508 g/mol. The van der Waals surface area contributed by atoms with E-state index in [-0.39, 0.29) is 19.1 Å². The predicted molar refractivity (Wildman–Crippen MR) is 154 cm³/mol. The quantitative estimate of drug-likeness (QED) is 0.289. The highest BCUT2D eigenvalue weighted by atomic mass is 16.5. The third-order valence-corrected chi connectivity index (χ3v) is 6.85. The van der Waals surface area contributed by atoms with Crippen molar-refractivity contribution in [1.82, 2.24) is 5.32 Å². The summed E-state index contributed by atoms with van der Waals surface area (Å²) in [5.74, 6) is -0.598. The molecular formula is C32H32N2O6. The third kappa shape index (κ3) is 5.92. The van der Waals surface area contributed by atoms with Gasteiger partial charge in [-0.25, -0.2) is 9.59 Å². The summed E-state index contributed by atoms with van der Waals surface area (Å²) in [5, 5.41) is 6.22. The molecule has 3 aromatic carbocycles. The molecule has 4 aromatic rings. The Labute approximate surface area is 232 Å². The van der Waals surface area contributed by atoms with E-state index in [1.54, 1.807) is 18.2 Å². The largest absolute Gasteiger partial charge is 0.449 e. The van der Waals surface area contributed by atoms with Crippen LogP contribution in [-0.4, -0.2) is 36.9 Å². The summed E-state index contributed by atoms with van der Waals surface area (Å²) in [6.45, 7) is 7.46. The molecule has 0 fully saturated rings. The van der Waals surface area contributed by atoms with E-state index in [9.17, 15) is 14.4 Å². The highest BCUT2D eigenvalue weighted by Crippen LogP contribution is 2.44. The van der Waals surface area contributed by atoms with Crippen LogP contribution in [-0.2, 0) is 14.3 Å². The number of hydrogen-bond donors (Lipinski definition) is 2. The van der Waals surface area contributed by atoms with Gasteiger partial charge in [-0.2, -0.15) is 0 Å². The number of amides is 2. The van der Waals surface area contributed by atoms with Crippen LogP contribution in [0, 0.1) is 6.92 Å². The number of alkyl carbamates (subject to hydrolysis) is 1. The summed E-state index contributed by atoms with van der Waals surface area (Å²) in [6.07, 6.45) is -0.723. The van der Waals surface area contributed by atoms with Gasteiger partial charge in [0.25, 0.3) is 0 Å². The number of fused-ring (bicyclic) bond motifs is 4. The molecule has 1 aliphatic carbocycles. The van der Waals surface area contributed by atoms with E-state index < -0.39 is 29.3 Å². The van der Waals surface area contributed by atoms with Crippen molar-refractivity contribution < 1.29 is 23.5 Å². The van der Waals surface area contributed by atoms with E-state index in [2.05, 4.69) is 22.8 Å². The average molecular weight is 541 g/mol. The molecule has 1 aromatic heterocycles. The van der Waals surface area contributed by atoms with Crippen molar-refractivity contribution >= 4 is 28.7 Å². The number of carbonyl (C=O) groups excluding carboxylic acids is 2. The SMILES string of the molecule is Cc1cc(=O)oc2cc(NC(=O)[C@H](COC(C)(C)C)NC(=O)OCC3c4ccccc4-c4ccccc43)ccc12. The third-order valence-electron chi connectivity index (χ3n) is 6.85. The molecule has 8 nitrogen and oxygen atoms in total. The maximum atomic E-state index is 13.3. The van der Waals surface area contributed by atoms with Crippen molar-refractivity contribution in [3.05, 3.63) is 99.9 Å². The van der Waals surface area contributed by atoms with Gasteiger partial charge < -0.3 is 24.5 Å². The lowest BCUT2D eigenvalue weighted by Gasteiger charge is -2.25. The Bertz CT molecular complexity index is 1590. The van der Waals surface area contributed by atoms with Crippen LogP contribution in [0.4, 0.5) is 10.5 Å². The molecule has 40 heavy (non-hydrogen) atoms. The van der Waals surface area contributed by atoms with E-state index in [0.717, 1.165) is 33.2 Å². The number of carbonyl (C=O) groups is 2. The Kier molecular flexibility index (Phi) is 7.45. The van der Waals surface area contributed by atoms with Crippen molar-refractivity contribution in [2.75, 3.05) is 18.5 Å². The van der Waals surface area contributed by atoms with Gasteiger partial charge in [0.1, 0.15) is 18.2 Å². The summed E-state index contributed by atoms with van der Waals surface area (Å²) in [4.78, 5) is 38.0. The molecule has 206 valence electrons. The van der Waals surface area contributed by atoms with Gasteiger partial charge in [-0.1, -0.05) is 48.5 Å². The Balaban J connectivity index is 1.29. The highest BCUT2D eigenvalue weighted by Gasteiger charge is 2.30. The first kappa shape index (κ1) is 27.1.